The minimum Gasteiger partial charge on any atom is -0.477 e. The lowest BCUT2D eigenvalue weighted by molar-refractivity contribution is 0.0685. The van der Waals surface area contributed by atoms with Crippen LogP contribution in [0.3, 0.4) is 0 Å². The van der Waals surface area contributed by atoms with E-state index in [1.165, 1.54) is 21.1 Å². The van der Waals surface area contributed by atoms with Gasteiger partial charge in [-0.05, 0) is 32.8 Å². The van der Waals surface area contributed by atoms with Gasteiger partial charge in [0.2, 0.25) is 10.0 Å². The van der Waals surface area contributed by atoms with Crippen LogP contribution >= 0.6 is 0 Å². The van der Waals surface area contributed by atoms with Crippen molar-refractivity contribution in [1.82, 2.24) is 8.87 Å². The van der Waals surface area contributed by atoms with Crippen LogP contribution in [0.15, 0.2) is 17.2 Å². The van der Waals surface area contributed by atoms with Gasteiger partial charge in [-0.2, -0.15) is 4.31 Å². The van der Waals surface area contributed by atoms with Crippen molar-refractivity contribution in [1.29, 1.82) is 0 Å². The first-order valence-corrected chi connectivity index (χ1v) is 8.50. The zero-order valence-corrected chi connectivity index (χ0v) is 14.0. The third-order valence-electron chi connectivity index (χ3n) is 3.16. The maximum Gasteiger partial charge on any atom is 0.352 e. The molecule has 0 amide bonds. The minimum atomic E-state index is -3.69. The summed E-state index contributed by atoms with van der Waals surface area (Å²) in [6.07, 6.45) is 1.40. The summed E-state index contributed by atoms with van der Waals surface area (Å²) in [7, 11) is -3.69. The lowest BCUT2D eigenvalue weighted by Crippen LogP contribution is -2.39. The molecule has 1 aromatic rings. The maximum atomic E-state index is 12.7. The molecule has 0 aromatic carbocycles. The number of aromatic nitrogens is 1. The van der Waals surface area contributed by atoms with Crippen molar-refractivity contribution in [3.8, 4) is 0 Å². The maximum absolute atomic E-state index is 12.7. The summed E-state index contributed by atoms with van der Waals surface area (Å²) in [5.41, 5.74) is -0.00988. The van der Waals surface area contributed by atoms with Crippen LogP contribution in [0.2, 0.25) is 0 Å². The van der Waals surface area contributed by atoms with Crippen molar-refractivity contribution < 1.29 is 18.3 Å². The van der Waals surface area contributed by atoms with Crippen molar-refractivity contribution in [2.45, 2.75) is 52.1 Å². The fourth-order valence-electron chi connectivity index (χ4n) is 2.15. The highest BCUT2D eigenvalue weighted by Gasteiger charge is 2.30. The Kier molecular flexibility index (Phi) is 5.58. The molecule has 1 heterocycles. The monoisotopic (exact) mass is 316 g/mol. The molecule has 0 unspecified atom stereocenters. The second-order valence-corrected chi connectivity index (χ2v) is 7.61. The Morgan fingerprint density at radius 1 is 1.33 bits per heavy atom. The topological polar surface area (TPSA) is 79.6 Å². The Balaban J connectivity index is 3.31. The number of carboxylic acid groups (broad SMARTS) is 1. The lowest BCUT2D eigenvalue weighted by Gasteiger charge is -2.27. The molecule has 1 aromatic heterocycles. The first-order valence-electron chi connectivity index (χ1n) is 7.06. The lowest BCUT2D eigenvalue weighted by atomic mass is 10.2. The Morgan fingerprint density at radius 2 is 1.90 bits per heavy atom. The van der Waals surface area contributed by atoms with Gasteiger partial charge in [0.15, 0.2) is 0 Å². The largest absolute Gasteiger partial charge is 0.477 e. The summed E-state index contributed by atoms with van der Waals surface area (Å²) >= 11 is 0. The average molecular weight is 316 g/mol. The van der Waals surface area contributed by atoms with Gasteiger partial charge in [-0.15, -0.1) is 0 Å². The third-order valence-corrected chi connectivity index (χ3v) is 5.17. The molecule has 0 spiro atoms. The molecule has 0 saturated heterocycles. The molecule has 1 rings (SSSR count). The first kappa shape index (κ1) is 17.7. The second kappa shape index (κ2) is 6.62. The van der Waals surface area contributed by atoms with Crippen LogP contribution in [0.4, 0.5) is 0 Å². The number of hydrogen-bond donors (Lipinski definition) is 1. The molecule has 120 valence electrons. The van der Waals surface area contributed by atoms with Crippen molar-refractivity contribution in [3.05, 3.63) is 18.0 Å². The van der Waals surface area contributed by atoms with Crippen molar-refractivity contribution in [3.63, 3.8) is 0 Å². The number of carboxylic acids is 1. The molecular weight excluding hydrogens is 292 g/mol. The van der Waals surface area contributed by atoms with E-state index in [1.807, 2.05) is 27.7 Å². The average Bonchev–Trinajstić information content (AvgIpc) is 2.80. The fourth-order valence-corrected chi connectivity index (χ4v) is 3.99. The summed E-state index contributed by atoms with van der Waals surface area (Å²) in [6, 6.07) is 1.05. The molecule has 7 heteroatoms. The summed E-state index contributed by atoms with van der Waals surface area (Å²) in [5.74, 6) is -0.937. The van der Waals surface area contributed by atoms with Crippen LogP contribution in [-0.4, -0.2) is 41.0 Å². The molecule has 0 atom stereocenters. The van der Waals surface area contributed by atoms with Gasteiger partial charge in [-0.1, -0.05) is 13.8 Å². The SMILES string of the molecule is CCn1cc(S(=O)(=O)N(CC(C)C)C(C)C)cc1C(=O)O. The molecule has 0 aliphatic rings. The smallest absolute Gasteiger partial charge is 0.352 e. The highest BCUT2D eigenvalue weighted by Crippen LogP contribution is 2.22. The number of aromatic carboxylic acids is 1. The van der Waals surface area contributed by atoms with Gasteiger partial charge >= 0.3 is 5.97 Å². The van der Waals surface area contributed by atoms with E-state index in [1.54, 1.807) is 6.92 Å². The van der Waals surface area contributed by atoms with E-state index in [4.69, 9.17) is 5.11 Å². The van der Waals surface area contributed by atoms with Crippen LogP contribution < -0.4 is 0 Å². The van der Waals surface area contributed by atoms with E-state index >= 15 is 0 Å². The zero-order valence-electron chi connectivity index (χ0n) is 13.2. The van der Waals surface area contributed by atoms with Gasteiger partial charge in [0.05, 0.1) is 0 Å². The number of nitrogens with zero attached hydrogens (tertiary/aromatic N) is 2. The van der Waals surface area contributed by atoms with Gasteiger partial charge in [-0.3, -0.25) is 0 Å². The molecule has 1 N–H and O–H groups in total. The molecule has 0 aliphatic carbocycles. The molecular formula is C14H24N2O4S. The molecule has 0 bridgehead atoms. The molecule has 6 nitrogen and oxygen atoms in total. The van der Waals surface area contributed by atoms with Crippen LogP contribution in [0, 0.1) is 5.92 Å². The standard InChI is InChI=1S/C14H24N2O4S/c1-6-15-9-12(7-13(15)14(17)18)21(19,20)16(11(4)5)8-10(2)3/h7,9-11H,6,8H2,1-5H3,(H,17,18). The third kappa shape index (κ3) is 3.85. The van der Waals surface area contributed by atoms with Gasteiger partial charge in [0, 0.05) is 25.3 Å². The van der Waals surface area contributed by atoms with E-state index in [2.05, 4.69) is 0 Å². The van der Waals surface area contributed by atoms with E-state index in [0.29, 0.717) is 13.1 Å². The van der Waals surface area contributed by atoms with E-state index in [-0.39, 0.29) is 22.5 Å². The molecule has 0 aliphatic heterocycles. The van der Waals surface area contributed by atoms with Gasteiger partial charge < -0.3 is 9.67 Å². The quantitative estimate of drug-likeness (QED) is 0.837. The second-order valence-electron chi connectivity index (χ2n) is 5.71. The Labute approximate surface area is 126 Å². The predicted octanol–water partition coefficient (Wildman–Crippen LogP) is 2.26. The predicted molar refractivity (Wildman–Crippen MR) is 80.9 cm³/mol. The Hall–Kier alpha value is -1.34. The van der Waals surface area contributed by atoms with Crippen molar-refractivity contribution in [2.75, 3.05) is 6.54 Å². The van der Waals surface area contributed by atoms with Gasteiger partial charge in [0.1, 0.15) is 10.6 Å². The van der Waals surface area contributed by atoms with Crippen LogP contribution in [0.5, 0.6) is 0 Å². The van der Waals surface area contributed by atoms with Crippen LogP contribution in [0.1, 0.15) is 45.1 Å². The fraction of sp³-hybridized carbons (Fsp3) is 0.643. The van der Waals surface area contributed by atoms with E-state index in [0.717, 1.165) is 0 Å². The number of carbonyl (C=O) groups is 1. The number of sulfonamides is 1. The summed E-state index contributed by atoms with van der Waals surface area (Å²) < 4.78 is 28.3. The molecule has 0 saturated carbocycles. The van der Waals surface area contributed by atoms with Gasteiger partial charge in [-0.25, -0.2) is 13.2 Å². The Morgan fingerprint density at radius 3 is 2.24 bits per heavy atom. The molecule has 0 fully saturated rings. The number of rotatable bonds is 7. The normalized spacial score (nSPS) is 12.6. The van der Waals surface area contributed by atoms with E-state index in [9.17, 15) is 13.2 Å². The summed E-state index contributed by atoms with van der Waals surface area (Å²) in [5, 5.41) is 9.14. The summed E-state index contributed by atoms with van der Waals surface area (Å²) in [6.45, 7) is 10.1. The van der Waals surface area contributed by atoms with E-state index < -0.39 is 16.0 Å². The van der Waals surface area contributed by atoms with Crippen LogP contribution in [0.25, 0.3) is 0 Å². The first-order chi connectivity index (χ1) is 9.61. The van der Waals surface area contributed by atoms with Crippen LogP contribution in [-0.2, 0) is 16.6 Å². The number of aryl methyl sites for hydroxylation is 1. The zero-order chi connectivity index (χ0) is 16.4. The molecule has 21 heavy (non-hydrogen) atoms. The van der Waals surface area contributed by atoms with Crippen molar-refractivity contribution in [2.24, 2.45) is 5.92 Å². The molecule has 0 radical (unpaired) electrons. The highest BCUT2D eigenvalue weighted by molar-refractivity contribution is 7.89. The van der Waals surface area contributed by atoms with Crippen molar-refractivity contribution >= 4 is 16.0 Å². The Bertz CT molecular complexity index is 602. The number of hydrogen-bond acceptors (Lipinski definition) is 3. The highest BCUT2D eigenvalue weighted by atomic mass is 32.2. The van der Waals surface area contributed by atoms with Gasteiger partial charge in [0.25, 0.3) is 0 Å². The summed E-state index contributed by atoms with van der Waals surface area (Å²) in [4.78, 5) is 11.2. The minimum absolute atomic E-state index is 0.00988.